The van der Waals surface area contributed by atoms with Crippen LogP contribution < -0.4 is 11.1 Å². The van der Waals surface area contributed by atoms with Crippen molar-refractivity contribution >= 4 is 11.4 Å². The third kappa shape index (κ3) is 1.82. The summed E-state index contributed by atoms with van der Waals surface area (Å²) in [6.07, 6.45) is 1.08. The number of hydrogen-bond acceptors (Lipinski definition) is 3. The number of anilines is 2. The Morgan fingerprint density at radius 2 is 2.36 bits per heavy atom. The maximum absolute atomic E-state index is 5.82. The Kier molecular flexibility index (Phi) is 2.59. The van der Waals surface area contributed by atoms with Gasteiger partial charge < -0.3 is 15.8 Å². The third-order valence-electron chi connectivity index (χ3n) is 2.67. The van der Waals surface area contributed by atoms with Crippen molar-refractivity contribution in [2.24, 2.45) is 0 Å². The van der Waals surface area contributed by atoms with Crippen LogP contribution in [0.15, 0.2) is 18.2 Å². The Morgan fingerprint density at radius 3 is 3.07 bits per heavy atom. The first kappa shape index (κ1) is 9.34. The predicted octanol–water partition coefficient (Wildman–Crippen LogP) is 1.78. The molecule has 1 aliphatic heterocycles. The minimum absolute atomic E-state index is 0.440. The maximum Gasteiger partial charge on any atom is 0.0668 e. The van der Waals surface area contributed by atoms with Crippen molar-refractivity contribution in [3.05, 3.63) is 23.8 Å². The van der Waals surface area contributed by atoms with Gasteiger partial charge in [0.15, 0.2) is 0 Å². The summed E-state index contributed by atoms with van der Waals surface area (Å²) >= 11 is 0. The Bertz CT molecular complexity index is 319. The van der Waals surface area contributed by atoms with Crippen LogP contribution in [0.25, 0.3) is 0 Å². The van der Waals surface area contributed by atoms with Gasteiger partial charge in [-0.05, 0) is 31.0 Å². The summed E-state index contributed by atoms with van der Waals surface area (Å²) in [5.41, 5.74) is 8.92. The van der Waals surface area contributed by atoms with Gasteiger partial charge in [-0.25, -0.2) is 0 Å². The first-order valence-electron chi connectivity index (χ1n) is 4.97. The lowest BCUT2D eigenvalue weighted by molar-refractivity contribution is 0.195. The van der Waals surface area contributed by atoms with Crippen LogP contribution in [-0.2, 0) is 4.74 Å². The van der Waals surface area contributed by atoms with E-state index in [0.717, 1.165) is 36.6 Å². The number of benzene rings is 1. The SMILES string of the molecule is Cc1c(N)cccc1NC1CCOC1. The molecule has 1 fully saturated rings. The van der Waals surface area contributed by atoms with Gasteiger partial charge in [-0.1, -0.05) is 6.07 Å². The Hall–Kier alpha value is -1.22. The number of nitrogen functional groups attached to an aromatic ring is 1. The van der Waals surface area contributed by atoms with Gasteiger partial charge in [-0.2, -0.15) is 0 Å². The molecule has 0 radical (unpaired) electrons. The number of ether oxygens (including phenoxy) is 1. The van der Waals surface area contributed by atoms with Gasteiger partial charge in [-0.15, -0.1) is 0 Å². The zero-order valence-electron chi connectivity index (χ0n) is 8.42. The lowest BCUT2D eigenvalue weighted by atomic mass is 10.1. The van der Waals surface area contributed by atoms with Gasteiger partial charge in [0.2, 0.25) is 0 Å². The highest BCUT2D eigenvalue weighted by Crippen LogP contribution is 2.22. The molecule has 3 heteroatoms. The quantitative estimate of drug-likeness (QED) is 0.702. The van der Waals surface area contributed by atoms with E-state index in [9.17, 15) is 0 Å². The van der Waals surface area contributed by atoms with Gasteiger partial charge in [0.05, 0.1) is 12.6 Å². The van der Waals surface area contributed by atoms with E-state index >= 15 is 0 Å². The fourth-order valence-corrected chi connectivity index (χ4v) is 1.68. The molecule has 0 spiro atoms. The summed E-state index contributed by atoms with van der Waals surface area (Å²) in [6.45, 7) is 3.70. The molecule has 0 bridgehead atoms. The van der Waals surface area contributed by atoms with Gasteiger partial charge in [0, 0.05) is 18.0 Å². The van der Waals surface area contributed by atoms with Gasteiger partial charge in [0.25, 0.3) is 0 Å². The monoisotopic (exact) mass is 192 g/mol. The minimum Gasteiger partial charge on any atom is -0.398 e. The van der Waals surface area contributed by atoms with E-state index in [2.05, 4.69) is 11.4 Å². The van der Waals surface area contributed by atoms with Gasteiger partial charge in [0.1, 0.15) is 0 Å². The van der Waals surface area contributed by atoms with Crippen LogP contribution in [0, 0.1) is 6.92 Å². The van der Waals surface area contributed by atoms with Crippen molar-refractivity contribution in [3.63, 3.8) is 0 Å². The van der Waals surface area contributed by atoms with E-state index in [-0.39, 0.29) is 0 Å². The van der Waals surface area contributed by atoms with Crippen molar-refractivity contribution in [3.8, 4) is 0 Å². The third-order valence-corrected chi connectivity index (χ3v) is 2.67. The molecule has 0 aliphatic carbocycles. The zero-order valence-corrected chi connectivity index (χ0v) is 8.42. The van der Waals surface area contributed by atoms with Crippen molar-refractivity contribution in [1.82, 2.24) is 0 Å². The molecule has 1 heterocycles. The molecule has 1 aromatic rings. The first-order valence-corrected chi connectivity index (χ1v) is 4.97. The van der Waals surface area contributed by atoms with Crippen molar-refractivity contribution in [1.29, 1.82) is 0 Å². The fourth-order valence-electron chi connectivity index (χ4n) is 1.68. The first-order chi connectivity index (χ1) is 6.77. The molecule has 3 nitrogen and oxygen atoms in total. The van der Waals surface area contributed by atoms with Crippen LogP contribution in [0.1, 0.15) is 12.0 Å². The topological polar surface area (TPSA) is 47.3 Å². The summed E-state index contributed by atoms with van der Waals surface area (Å²) in [5.74, 6) is 0. The summed E-state index contributed by atoms with van der Waals surface area (Å²) in [7, 11) is 0. The summed E-state index contributed by atoms with van der Waals surface area (Å²) in [4.78, 5) is 0. The van der Waals surface area contributed by atoms with E-state index in [1.807, 2.05) is 19.1 Å². The van der Waals surface area contributed by atoms with Crippen molar-refractivity contribution < 1.29 is 4.74 Å². The Morgan fingerprint density at radius 1 is 1.50 bits per heavy atom. The predicted molar refractivity (Wildman–Crippen MR) is 58.4 cm³/mol. The molecule has 14 heavy (non-hydrogen) atoms. The molecule has 1 saturated heterocycles. The second-order valence-electron chi connectivity index (χ2n) is 3.72. The molecule has 0 amide bonds. The molecule has 1 aromatic carbocycles. The second kappa shape index (κ2) is 3.88. The Labute approximate surface area is 84.3 Å². The van der Waals surface area contributed by atoms with Crippen molar-refractivity contribution in [2.75, 3.05) is 24.3 Å². The molecule has 76 valence electrons. The maximum atomic E-state index is 5.82. The standard InChI is InChI=1S/C11H16N2O/c1-8-10(12)3-2-4-11(8)13-9-5-6-14-7-9/h2-4,9,13H,5-7,12H2,1H3. The number of hydrogen-bond donors (Lipinski definition) is 2. The molecule has 0 saturated carbocycles. The van der Waals surface area contributed by atoms with Crippen molar-refractivity contribution in [2.45, 2.75) is 19.4 Å². The molecule has 3 N–H and O–H groups in total. The largest absolute Gasteiger partial charge is 0.398 e. The molecule has 2 rings (SSSR count). The second-order valence-corrected chi connectivity index (χ2v) is 3.72. The smallest absolute Gasteiger partial charge is 0.0668 e. The highest BCUT2D eigenvalue weighted by atomic mass is 16.5. The van der Waals surface area contributed by atoms with Crippen LogP contribution in [0.2, 0.25) is 0 Å². The van der Waals surface area contributed by atoms with Crippen LogP contribution in [0.5, 0.6) is 0 Å². The van der Waals surface area contributed by atoms with E-state index < -0.39 is 0 Å². The van der Waals surface area contributed by atoms with Gasteiger partial charge in [-0.3, -0.25) is 0 Å². The van der Waals surface area contributed by atoms with Crippen LogP contribution >= 0.6 is 0 Å². The lowest BCUT2D eigenvalue weighted by Crippen LogP contribution is -2.19. The average molecular weight is 192 g/mol. The Balaban J connectivity index is 2.11. The van der Waals surface area contributed by atoms with E-state index in [1.54, 1.807) is 0 Å². The normalized spacial score (nSPS) is 21.1. The van der Waals surface area contributed by atoms with Crippen LogP contribution in [0.4, 0.5) is 11.4 Å². The van der Waals surface area contributed by atoms with E-state index in [4.69, 9.17) is 10.5 Å². The van der Waals surface area contributed by atoms with Crippen LogP contribution in [0.3, 0.4) is 0 Å². The summed E-state index contributed by atoms with van der Waals surface area (Å²) in [6, 6.07) is 6.39. The lowest BCUT2D eigenvalue weighted by Gasteiger charge is -2.15. The molecule has 1 aliphatic rings. The summed E-state index contributed by atoms with van der Waals surface area (Å²) in [5, 5.41) is 3.44. The molecular weight excluding hydrogens is 176 g/mol. The van der Waals surface area contributed by atoms with Gasteiger partial charge >= 0.3 is 0 Å². The number of nitrogens with one attached hydrogen (secondary N) is 1. The molecule has 1 unspecified atom stereocenters. The van der Waals surface area contributed by atoms with E-state index in [0.29, 0.717) is 6.04 Å². The zero-order chi connectivity index (χ0) is 9.97. The highest BCUT2D eigenvalue weighted by Gasteiger charge is 2.15. The molecule has 0 aromatic heterocycles. The minimum atomic E-state index is 0.440. The average Bonchev–Trinajstić information content (AvgIpc) is 2.66. The molecular formula is C11H16N2O. The fraction of sp³-hybridized carbons (Fsp3) is 0.455. The summed E-state index contributed by atoms with van der Waals surface area (Å²) < 4.78 is 5.31. The number of nitrogens with two attached hydrogens (primary N) is 1. The highest BCUT2D eigenvalue weighted by molar-refractivity contribution is 5.63. The van der Waals surface area contributed by atoms with Crippen LogP contribution in [-0.4, -0.2) is 19.3 Å². The number of rotatable bonds is 2. The molecule has 1 atom stereocenters. The van der Waals surface area contributed by atoms with E-state index in [1.165, 1.54) is 0 Å².